The maximum atomic E-state index is 12.0. The predicted octanol–water partition coefficient (Wildman–Crippen LogP) is 4.70. The highest BCUT2D eigenvalue weighted by atomic mass is 16.6. The Bertz CT molecular complexity index is 683. The number of piperidine rings is 2. The first kappa shape index (κ1) is 22.8. The number of hydrogen-bond donors (Lipinski definition) is 0. The molecular formula is C26H43N3O2. The van der Waals surface area contributed by atoms with Crippen molar-refractivity contribution in [3.8, 4) is 0 Å². The highest BCUT2D eigenvalue weighted by molar-refractivity contribution is 5.67. The van der Waals surface area contributed by atoms with Gasteiger partial charge in [-0.25, -0.2) is 4.79 Å². The molecule has 5 nitrogen and oxygen atoms in total. The third-order valence-corrected chi connectivity index (χ3v) is 8.07. The van der Waals surface area contributed by atoms with Crippen LogP contribution < -0.4 is 0 Å². The van der Waals surface area contributed by atoms with Gasteiger partial charge in [-0.2, -0.15) is 0 Å². The van der Waals surface area contributed by atoms with Gasteiger partial charge in [-0.1, -0.05) is 31.6 Å². The maximum absolute atomic E-state index is 12.0. The van der Waals surface area contributed by atoms with Crippen LogP contribution in [0.2, 0.25) is 0 Å². The SMILES string of the molecule is CCOC(=O)N1CCC(N2CCC3(CC2)CN(CCC(C)C)CC2=C3C=CCC2)CC1. The molecule has 0 aromatic heterocycles. The molecule has 0 aromatic rings. The Morgan fingerprint density at radius 2 is 1.94 bits per heavy atom. The highest BCUT2D eigenvalue weighted by Crippen LogP contribution is 2.47. The Morgan fingerprint density at radius 3 is 2.61 bits per heavy atom. The first-order valence-electron chi connectivity index (χ1n) is 12.8. The molecule has 174 valence electrons. The Hall–Kier alpha value is -1.33. The lowest BCUT2D eigenvalue weighted by molar-refractivity contribution is 0.0327. The molecule has 1 spiro atoms. The predicted molar refractivity (Wildman–Crippen MR) is 126 cm³/mol. The minimum atomic E-state index is -0.134. The molecule has 4 aliphatic rings. The van der Waals surface area contributed by atoms with E-state index in [0.717, 1.165) is 31.8 Å². The number of nitrogens with zero attached hydrogens (tertiary/aromatic N) is 3. The summed E-state index contributed by atoms with van der Waals surface area (Å²) in [5.74, 6) is 0.778. The first-order valence-corrected chi connectivity index (χ1v) is 12.8. The van der Waals surface area contributed by atoms with Crippen LogP contribution in [0.5, 0.6) is 0 Å². The summed E-state index contributed by atoms with van der Waals surface area (Å²) in [6, 6.07) is 0.624. The van der Waals surface area contributed by atoms with Gasteiger partial charge in [0.25, 0.3) is 0 Å². The van der Waals surface area contributed by atoms with Crippen LogP contribution in [0.3, 0.4) is 0 Å². The number of amides is 1. The lowest BCUT2D eigenvalue weighted by atomic mass is 9.66. The van der Waals surface area contributed by atoms with Crippen LogP contribution in [0, 0.1) is 11.3 Å². The maximum Gasteiger partial charge on any atom is 0.409 e. The molecule has 2 saturated heterocycles. The molecule has 3 heterocycles. The van der Waals surface area contributed by atoms with Gasteiger partial charge in [-0.15, -0.1) is 0 Å². The van der Waals surface area contributed by atoms with Crippen molar-refractivity contribution in [2.45, 2.75) is 71.8 Å². The normalized spacial score (nSPS) is 25.4. The van der Waals surface area contributed by atoms with Crippen molar-refractivity contribution in [1.29, 1.82) is 0 Å². The number of fused-ring (bicyclic) bond motifs is 1. The third kappa shape index (κ3) is 5.19. The fraction of sp³-hybridized carbons (Fsp3) is 0.808. The lowest BCUT2D eigenvalue weighted by Gasteiger charge is -2.52. The van der Waals surface area contributed by atoms with Gasteiger partial charge in [0, 0.05) is 37.6 Å². The van der Waals surface area contributed by atoms with Crippen molar-refractivity contribution in [2.75, 3.05) is 52.4 Å². The largest absolute Gasteiger partial charge is 0.450 e. The number of allylic oxidation sites excluding steroid dienone is 2. The van der Waals surface area contributed by atoms with E-state index < -0.39 is 0 Å². The second-order valence-electron chi connectivity index (χ2n) is 10.6. The number of carbonyl (C=O) groups excluding carboxylic acids is 1. The van der Waals surface area contributed by atoms with Crippen LogP contribution in [0.1, 0.15) is 65.7 Å². The average Bonchev–Trinajstić information content (AvgIpc) is 2.79. The molecule has 1 aliphatic carbocycles. The van der Waals surface area contributed by atoms with E-state index in [0.29, 0.717) is 18.1 Å². The second-order valence-corrected chi connectivity index (χ2v) is 10.6. The summed E-state index contributed by atoms with van der Waals surface area (Å²) in [6.07, 6.45) is 13.3. The fourth-order valence-corrected chi connectivity index (χ4v) is 6.24. The first-order chi connectivity index (χ1) is 15.0. The summed E-state index contributed by atoms with van der Waals surface area (Å²) in [6.45, 7) is 14.8. The van der Waals surface area contributed by atoms with Crippen molar-refractivity contribution in [3.05, 3.63) is 23.3 Å². The van der Waals surface area contributed by atoms with Crippen molar-refractivity contribution in [3.63, 3.8) is 0 Å². The second kappa shape index (κ2) is 10.1. The fourth-order valence-electron chi connectivity index (χ4n) is 6.24. The Labute approximate surface area is 189 Å². The zero-order chi connectivity index (χ0) is 21.8. The Kier molecular flexibility index (Phi) is 7.43. The zero-order valence-corrected chi connectivity index (χ0v) is 20.1. The molecule has 0 atom stereocenters. The van der Waals surface area contributed by atoms with Gasteiger partial charge in [0.05, 0.1) is 6.61 Å². The van der Waals surface area contributed by atoms with Crippen molar-refractivity contribution in [2.24, 2.45) is 11.3 Å². The molecular weight excluding hydrogens is 386 g/mol. The molecule has 3 aliphatic heterocycles. The van der Waals surface area contributed by atoms with Crippen LogP contribution in [0.4, 0.5) is 4.79 Å². The van der Waals surface area contributed by atoms with Gasteiger partial charge >= 0.3 is 6.09 Å². The highest BCUT2D eigenvalue weighted by Gasteiger charge is 2.44. The molecule has 1 amide bonds. The van der Waals surface area contributed by atoms with E-state index in [2.05, 4.69) is 35.8 Å². The average molecular weight is 430 g/mol. The molecule has 31 heavy (non-hydrogen) atoms. The lowest BCUT2D eigenvalue weighted by Crippen LogP contribution is -2.54. The van der Waals surface area contributed by atoms with Gasteiger partial charge in [0.1, 0.15) is 0 Å². The third-order valence-electron chi connectivity index (χ3n) is 8.07. The molecule has 0 N–H and O–H groups in total. The van der Waals surface area contributed by atoms with Crippen LogP contribution in [-0.4, -0.2) is 79.3 Å². The van der Waals surface area contributed by atoms with Gasteiger partial charge in [-0.3, -0.25) is 4.90 Å². The summed E-state index contributed by atoms with van der Waals surface area (Å²) in [5, 5.41) is 0. The number of carbonyl (C=O) groups is 1. The summed E-state index contributed by atoms with van der Waals surface area (Å²) in [5.41, 5.74) is 3.80. The van der Waals surface area contributed by atoms with Crippen LogP contribution in [0.25, 0.3) is 0 Å². The van der Waals surface area contributed by atoms with E-state index in [-0.39, 0.29) is 6.09 Å². The van der Waals surface area contributed by atoms with E-state index >= 15 is 0 Å². The molecule has 2 fully saturated rings. The van der Waals surface area contributed by atoms with E-state index in [1.807, 2.05) is 11.8 Å². The van der Waals surface area contributed by atoms with Crippen molar-refractivity contribution in [1.82, 2.24) is 14.7 Å². The molecule has 4 rings (SSSR count). The van der Waals surface area contributed by atoms with Crippen LogP contribution in [-0.2, 0) is 4.74 Å². The van der Waals surface area contributed by atoms with E-state index in [1.165, 1.54) is 64.8 Å². The minimum Gasteiger partial charge on any atom is -0.450 e. The molecule has 0 bridgehead atoms. The van der Waals surface area contributed by atoms with Gasteiger partial charge in [0.2, 0.25) is 0 Å². The monoisotopic (exact) mass is 429 g/mol. The molecule has 0 radical (unpaired) electrons. The molecule has 0 unspecified atom stereocenters. The Balaban J connectivity index is 1.37. The number of ether oxygens (including phenoxy) is 1. The van der Waals surface area contributed by atoms with Crippen molar-refractivity contribution >= 4 is 6.09 Å². The Morgan fingerprint density at radius 1 is 1.19 bits per heavy atom. The van der Waals surface area contributed by atoms with Gasteiger partial charge in [-0.05, 0) is 83.0 Å². The number of likely N-dealkylation sites (tertiary alicyclic amines) is 2. The van der Waals surface area contributed by atoms with E-state index in [4.69, 9.17) is 4.74 Å². The summed E-state index contributed by atoms with van der Waals surface area (Å²) in [7, 11) is 0. The zero-order valence-electron chi connectivity index (χ0n) is 20.1. The quantitative estimate of drug-likeness (QED) is 0.635. The van der Waals surface area contributed by atoms with Crippen LogP contribution in [0.15, 0.2) is 23.3 Å². The molecule has 0 saturated carbocycles. The summed E-state index contributed by atoms with van der Waals surface area (Å²) >= 11 is 0. The number of rotatable bonds is 5. The summed E-state index contributed by atoms with van der Waals surface area (Å²) < 4.78 is 5.19. The number of hydrogen-bond acceptors (Lipinski definition) is 4. The standard InChI is InChI=1S/C26H43N3O2/c1-4-31-25(30)29-15-10-23(11-16-29)28-17-12-26(13-18-28)20-27(14-9-21(2)3)19-22-7-5-6-8-24(22)26/h6,8,21,23H,4-5,7,9-20H2,1-3H3. The molecule has 5 heteroatoms. The summed E-state index contributed by atoms with van der Waals surface area (Å²) in [4.78, 5) is 19.4. The smallest absolute Gasteiger partial charge is 0.409 e. The topological polar surface area (TPSA) is 36.0 Å². The van der Waals surface area contributed by atoms with Gasteiger partial charge < -0.3 is 14.5 Å². The van der Waals surface area contributed by atoms with Gasteiger partial charge in [0.15, 0.2) is 0 Å². The molecule has 0 aromatic carbocycles. The van der Waals surface area contributed by atoms with E-state index in [9.17, 15) is 4.79 Å². The minimum absolute atomic E-state index is 0.134. The van der Waals surface area contributed by atoms with E-state index in [1.54, 1.807) is 11.1 Å². The van der Waals surface area contributed by atoms with Crippen LogP contribution >= 0.6 is 0 Å². The van der Waals surface area contributed by atoms with Crippen molar-refractivity contribution < 1.29 is 9.53 Å².